The molecule has 3 rings (SSSR count). The fourth-order valence-corrected chi connectivity index (χ4v) is 4.56. The molecule has 2 N–H and O–H groups in total. The highest BCUT2D eigenvalue weighted by Crippen LogP contribution is 2.37. The fraction of sp³-hybridized carbons (Fsp3) is 0.600. The van der Waals surface area contributed by atoms with Crippen LogP contribution in [0.1, 0.15) is 25.3 Å². The third-order valence-electron chi connectivity index (χ3n) is 4.19. The van der Waals surface area contributed by atoms with Gasteiger partial charge in [0.2, 0.25) is 10.0 Å². The Hall–Kier alpha value is -0.820. The van der Waals surface area contributed by atoms with Crippen molar-refractivity contribution in [3.63, 3.8) is 0 Å². The zero-order valence-electron chi connectivity index (χ0n) is 12.6. The topological polar surface area (TPSA) is 67.4 Å². The van der Waals surface area contributed by atoms with Crippen LogP contribution in [0.5, 0.6) is 5.75 Å². The van der Waals surface area contributed by atoms with Crippen LogP contribution in [0.15, 0.2) is 17.0 Å². The Morgan fingerprint density at radius 3 is 3.00 bits per heavy atom. The molecule has 2 unspecified atom stereocenters. The van der Waals surface area contributed by atoms with Crippen molar-refractivity contribution in [3.05, 3.63) is 22.7 Å². The van der Waals surface area contributed by atoms with Gasteiger partial charge in [0.25, 0.3) is 0 Å². The number of nitrogens with one attached hydrogen (secondary N) is 2. The van der Waals surface area contributed by atoms with E-state index >= 15 is 0 Å². The van der Waals surface area contributed by atoms with Crippen molar-refractivity contribution >= 4 is 21.6 Å². The number of fused-ring (bicyclic) bond motifs is 1. The number of hydrogen-bond donors (Lipinski definition) is 2. The van der Waals surface area contributed by atoms with Crippen LogP contribution in [0.3, 0.4) is 0 Å². The minimum atomic E-state index is -3.54. The zero-order valence-corrected chi connectivity index (χ0v) is 14.1. The molecule has 2 aliphatic heterocycles. The van der Waals surface area contributed by atoms with Crippen molar-refractivity contribution in [2.24, 2.45) is 5.92 Å². The minimum absolute atomic E-state index is 0.0340. The predicted octanol–water partition coefficient (Wildman–Crippen LogP) is 1.94. The Morgan fingerprint density at radius 1 is 1.45 bits per heavy atom. The number of ether oxygens (including phenoxy) is 1. The largest absolute Gasteiger partial charge is 0.489 e. The maximum absolute atomic E-state index is 12.5. The molecular formula is C15H21ClN2O3S. The molecular weight excluding hydrogens is 324 g/mol. The van der Waals surface area contributed by atoms with Gasteiger partial charge < -0.3 is 10.1 Å². The summed E-state index contributed by atoms with van der Waals surface area (Å²) in [5.41, 5.74) is 0.861. The second-order valence-electron chi connectivity index (χ2n) is 6.09. The summed E-state index contributed by atoms with van der Waals surface area (Å²) in [6.07, 6.45) is 2.86. The lowest BCUT2D eigenvalue weighted by Crippen LogP contribution is -2.38. The van der Waals surface area contributed by atoms with Gasteiger partial charge in [0.15, 0.2) is 0 Å². The second-order valence-corrected chi connectivity index (χ2v) is 8.26. The van der Waals surface area contributed by atoms with Gasteiger partial charge in [-0.05, 0) is 50.9 Å². The average molecular weight is 345 g/mol. The Morgan fingerprint density at radius 2 is 2.27 bits per heavy atom. The molecule has 1 saturated heterocycles. The quantitative estimate of drug-likeness (QED) is 0.876. The zero-order chi connectivity index (χ0) is 15.7. The Labute approximate surface area is 136 Å². The molecule has 0 aliphatic carbocycles. The molecule has 0 radical (unpaired) electrons. The van der Waals surface area contributed by atoms with E-state index in [9.17, 15) is 8.42 Å². The summed E-state index contributed by atoms with van der Waals surface area (Å²) < 4.78 is 33.3. The normalized spacial score (nSPS) is 24.8. The van der Waals surface area contributed by atoms with Gasteiger partial charge in [-0.2, -0.15) is 0 Å². The maximum Gasteiger partial charge on any atom is 0.240 e. The molecule has 0 spiro atoms. The first kappa shape index (κ1) is 16.1. The van der Waals surface area contributed by atoms with Crippen LogP contribution in [0.4, 0.5) is 0 Å². The highest BCUT2D eigenvalue weighted by Gasteiger charge is 2.26. The number of rotatable bonds is 4. The van der Waals surface area contributed by atoms with Crippen LogP contribution in [0, 0.1) is 5.92 Å². The van der Waals surface area contributed by atoms with E-state index in [-0.39, 0.29) is 11.0 Å². The molecule has 122 valence electrons. The Kier molecular flexibility index (Phi) is 4.64. The van der Waals surface area contributed by atoms with Gasteiger partial charge in [-0.25, -0.2) is 13.1 Å². The van der Waals surface area contributed by atoms with E-state index < -0.39 is 10.0 Å². The lowest BCUT2D eigenvalue weighted by atomic mass is 10.0. The highest BCUT2D eigenvalue weighted by molar-refractivity contribution is 7.89. The van der Waals surface area contributed by atoms with Crippen LogP contribution in [-0.2, 0) is 16.4 Å². The van der Waals surface area contributed by atoms with Gasteiger partial charge in [0, 0.05) is 18.5 Å². The number of hydrogen-bond acceptors (Lipinski definition) is 4. The molecule has 0 saturated carbocycles. The van der Waals surface area contributed by atoms with Gasteiger partial charge >= 0.3 is 0 Å². The van der Waals surface area contributed by atoms with E-state index in [0.29, 0.717) is 29.7 Å². The minimum Gasteiger partial charge on any atom is -0.489 e. The Balaban J connectivity index is 1.75. The van der Waals surface area contributed by atoms with E-state index in [1.165, 1.54) is 6.07 Å². The molecule has 0 amide bonds. The maximum atomic E-state index is 12.5. The van der Waals surface area contributed by atoms with Gasteiger partial charge in [0.05, 0.1) is 9.92 Å². The number of benzene rings is 1. The third-order valence-corrected chi connectivity index (χ3v) is 5.88. The molecule has 0 bridgehead atoms. The Bertz CT molecular complexity index is 657. The van der Waals surface area contributed by atoms with Crippen LogP contribution in [0.2, 0.25) is 5.02 Å². The summed E-state index contributed by atoms with van der Waals surface area (Å²) in [4.78, 5) is 0.220. The van der Waals surface area contributed by atoms with Crippen molar-refractivity contribution < 1.29 is 13.2 Å². The average Bonchev–Trinajstić information content (AvgIpc) is 2.87. The van der Waals surface area contributed by atoms with Crippen molar-refractivity contribution in [3.8, 4) is 5.75 Å². The second kappa shape index (κ2) is 6.35. The molecule has 0 aromatic heterocycles. The smallest absolute Gasteiger partial charge is 0.240 e. The summed E-state index contributed by atoms with van der Waals surface area (Å²) in [6.45, 7) is 4.27. The van der Waals surface area contributed by atoms with Crippen molar-refractivity contribution in [1.29, 1.82) is 0 Å². The van der Waals surface area contributed by atoms with Gasteiger partial charge in [-0.15, -0.1) is 0 Å². The SMILES string of the molecule is CC1Cc2cc(S(=O)(=O)NCC3CCCNC3)cc(Cl)c2O1. The fourth-order valence-electron chi connectivity index (χ4n) is 3.02. The van der Waals surface area contributed by atoms with Crippen molar-refractivity contribution in [2.75, 3.05) is 19.6 Å². The molecule has 7 heteroatoms. The lowest BCUT2D eigenvalue weighted by Gasteiger charge is -2.22. The van der Waals surface area contributed by atoms with Crippen molar-refractivity contribution in [1.82, 2.24) is 10.0 Å². The molecule has 1 aromatic carbocycles. The molecule has 1 aromatic rings. The summed E-state index contributed by atoms with van der Waals surface area (Å²) in [5.74, 6) is 0.960. The summed E-state index contributed by atoms with van der Waals surface area (Å²) >= 11 is 6.17. The number of piperidine rings is 1. The third kappa shape index (κ3) is 3.40. The van der Waals surface area contributed by atoms with E-state index in [2.05, 4.69) is 10.0 Å². The first-order valence-electron chi connectivity index (χ1n) is 7.65. The standard InChI is InChI=1S/C15H21ClN2O3S/c1-10-5-12-6-13(7-14(16)15(12)21-10)22(19,20)18-9-11-3-2-4-17-8-11/h6-7,10-11,17-18H,2-5,8-9H2,1H3. The monoisotopic (exact) mass is 344 g/mol. The van der Waals surface area contributed by atoms with Gasteiger partial charge in [0.1, 0.15) is 11.9 Å². The van der Waals surface area contributed by atoms with E-state index in [1.54, 1.807) is 6.07 Å². The lowest BCUT2D eigenvalue weighted by molar-refractivity contribution is 0.255. The molecule has 22 heavy (non-hydrogen) atoms. The summed E-state index contributed by atoms with van der Waals surface area (Å²) in [6, 6.07) is 3.14. The first-order chi connectivity index (χ1) is 10.5. The first-order valence-corrected chi connectivity index (χ1v) is 9.51. The molecule has 5 nitrogen and oxygen atoms in total. The van der Waals surface area contributed by atoms with Crippen LogP contribution < -0.4 is 14.8 Å². The van der Waals surface area contributed by atoms with Crippen LogP contribution >= 0.6 is 11.6 Å². The summed E-state index contributed by atoms with van der Waals surface area (Å²) in [5, 5.41) is 3.65. The molecule has 2 heterocycles. The molecule has 2 aliphatic rings. The summed E-state index contributed by atoms with van der Waals surface area (Å²) in [7, 11) is -3.54. The van der Waals surface area contributed by atoms with Crippen LogP contribution in [-0.4, -0.2) is 34.2 Å². The highest BCUT2D eigenvalue weighted by atomic mass is 35.5. The van der Waals surface area contributed by atoms with Gasteiger partial charge in [-0.3, -0.25) is 0 Å². The molecule has 1 fully saturated rings. The van der Waals surface area contributed by atoms with Gasteiger partial charge in [-0.1, -0.05) is 11.6 Å². The van der Waals surface area contributed by atoms with Crippen LogP contribution in [0.25, 0.3) is 0 Å². The number of halogens is 1. The van der Waals surface area contributed by atoms with E-state index in [4.69, 9.17) is 16.3 Å². The molecule has 2 atom stereocenters. The van der Waals surface area contributed by atoms with E-state index in [0.717, 1.165) is 31.5 Å². The number of sulfonamides is 1. The van der Waals surface area contributed by atoms with E-state index in [1.807, 2.05) is 6.92 Å². The predicted molar refractivity (Wildman–Crippen MR) is 86.0 cm³/mol. The van der Waals surface area contributed by atoms with Crippen molar-refractivity contribution in [2.45, 2.75) is 37.2 Å².